The molecule has 0 saturated heterocycles. The summed E-state index contributed by atoms with van der Waals surface area (Å²) in [6.07, 6.45) is 1.24. The Morgan fingerprint density at radius 2 is 2.18 bits per heavy atom. The van der Waals surface area contributed by atoms with Crippen LogP contribution >= 0.6 is 11.8 Å². The lowest BCUT2D eigenvalue weighted by Crippen LogP contribution is -2.21. The van der Waals surface area contributed by atoms with Crippen molar-refractivity contribution in [2.24, 2.45) is 0 Å². The molecule has 0 radical (unpaired) electrons. The van der Waals surface area contributed by atoms with Crippen molar-refractivity contribution in [3.63, 3.8) is 0 Å². The summed E-state index contributed by atoms with van der Waals surface area (Å²) in [5, 5.41) is 0. The van der Waals surface area contributed by atoms with Crippen LogP contribution in [0.2, 0.25) is 0 Å². The van der Waals surface area contributed by atoms with Crippen LogP contribution in [-0.2, 0) is 4.79 Å². The Kier molecular flexibility index (Phi) is 5.28. The van der Waals surface area contributed by atoms with Crippen molar-refractivity contribution in [2.75, 3.05) is 25.6 Å². The van der Waals surface area contributed by atoms with Crippen LogP contribution in [0.1, 0.15) is 12.8 Å². The highest BCUT2D eigenvalue weighted by atomic mass is 32.2. The molecule has 0 atom stereocenters. The van der Waals surface area contributed by atoms with Gasteiger partial charge in [0, 0.05) is 31.1 Å². The van der Waals surface area contributed by atoms with Gasteiger partial charge in [-0.3, -0.25) is 4.79 Å². The van der Waals surface area contributed by atoms with E-state index < -0.39 is 0 Å². The Balaban J connectivity index is 2.34. The number of amides is 1. The van der Waals surface area contributed by atoms with Crippen molar-refractivity contribution in [1.29, 1.82) is 0 Å². The average molecular weight is 256 g/mol. The first-order chi connectivity index (χ1) is 8.00. The Labute approximate surface area is 105 Å². The third-order valence-corrected chi connectivity index (χ3v) is 3.38. The molecular formula is C12H17FN2OS. The zero-order valence-corrected chi connectivity index (χ0v) is 10.9. The standard InChI is InChI=1S/C12H17FN2OS/c1-15(2)12(16)4-3-7-17-11-6-5-9(14)8-10(11)13/h5-6,8H,3-4,7,14H2,1-2H3. The zero-order valence-electron chi connectivity index (χ0n) is 10.1. The molecule has 0 heterocycles. The summed E-state index contributed by atoms with van der Waals surface area (Å²) in [7, 11) is 3.46. The molecule has 1 aromatic carbocycles. The van der Waals surface area contributed by atoms with Crippen LogP contribution in [0.25, 0.3) is 0 Å². The number of anilines is 1. The van der Waals surface area contributed by atoms with Gasteiger partial charge in [0.1, 0.15) is 5.82 Å². The first-order valence-corrected chi connectivity index (χ1v) is 6.37. The Morgan fingerprint density at radius 1 is 1.47 bits per heavy atom. The molecule has 3 nitrogen and oxygen atoms in total. The van der Waals surface area contributed by atoms with Crippen LogP contribution in [0.3, 0.4) is 0 Å². The number of halogens is 1. The highest BCUT2D eigenvalue weighted by Gasteiger charge is 2.05. The predicted molar refractivity (Wildman–Crippen MR) is 69.5 cm³/mol. The van der Waals surface area contributed by atoms with Crippen LogP contribution < -0.4 is 5.73 Å². The number of hydrogen-bond acceptors (Lipinski definition) is 3. The number of nitrogens with zero attached hydrogens (tertiary/aromatic N) is 1. The molecule has 0 spiro atoms. The normalized spacial score (nSPS) is 10.3. The maximum absolute atomic E-state index is 13.4. The number of hydrogen-bond donors (Lipinski definition) is 1. The van der Waals surface area contributed by atoms with E-state index in [0.717, 1.165) is 12.2 Å². The molecule has 1 aromatic rings. The minimum Gasteiger partial charge on any atom is -0.399 e. The fourth-order valence-electron chi connectivity index (χ4n) is 1.26. The first-order valence-electron chi connectivity index (χ1n) is 5.38. The van der Waals surface area contributed by atoms with Gasteiger partial charge in [-0.15, -0.1) is 11.8 Å². The predicted octanol–water partition coefficient (Wildman–Crippen LogP) is 2.37. The van der Waals surface area contributed by atoms with E-state index in [4.69, 9.17) is 5.73 Å². The maximum Gasteiger partial charge on any atom is 0.222 e. The van der Waals surface area contributed by atoms with Gasteiger partial charge in [0.05, 0.1) is 0 Å². The van der Waals surface area contributed by atoms with E-state index in [2.05, 4.69) is 0 Å². The maximum atomic E-state index is 13.4. The van der Waals surface area contributed by atoms with E-state index in [9.17, 15) is 9.18 Å². The van der Waals surface area contributed by atoms with Gasteiger partial charge >= 0.3 is 0 Å². The highest BCUT2D eigenvalue weighted by Crippen LogP contribution is 2.24. The molecule has 1 rings (SSSR count). The highest BCUT2D eigenvalue weighted by molar-refractivity contribution is 7.99. The lowest BCUT2D eigenvalue weighted by molar-refractivity contribution is -0.128. The lowest BCUT2D eigenvalue weighted by Gasteiger charge is -2.09. The van der Waals surface area contributed by atoms with Crippen molar-refractivity contribution in [3.05, 3.63) is 24.0 Å². The Bertz CT molecular complexity index is 396. The second-order valence-corrected chi connectivity index (χ2v) is 5.07. The number of rotatable bonds is 5. The Hall–Kier alpha value is -1.23. The van der Waals surface area contributed by atoms with Crippen LogP contribution in [0.15, 0.2) is 23.1 Å². The van der Waals surface area contributed by atoms with Gasteiger partial charge in [-0.2, -0.15) is 0 Å². The summed E-state index contributed by atoms with van der Waals surface area (Å²) >= 11 is 1.41. The molecule has 2 N–H and O–H groups in total. The smallest absolute Gasteiger partial charge is 0.222 e. The molecule has 0 aliphatic rings. The van der Waals surface area contributed by atoms with Gasteiger partial charge in [0.15, 0.2) is 0 Å². The van der Waals surface area contributed by atoms with E-state index in [1.165, 1.54) is 17.8 Å². The van der Waals surface area contributed by atoms with Crippen LogP contribution in [0.4, 0.5) is 10.1 Å². The molecule has 0 fully saturated rings. The van der Waals surface area contributed by atoms with Crippen molar-refractivity contribution in [1.82, 2.24) is 4.90 Å². The number of carbonyl (C=O) groups excluding carboxylic acids is 1. The van der Waals surface area contributed by atoms with E-state index >= 15 is 0 Å². The third kappa shape index (κ3) is 4.65. The molecule has 1 amide bonds. The third-order valence-electron chi connectivity index (χ3n) is 2.25. The van der Waals surface area contributed by atoms with Gasteiger partial charge in [0.25, 0.3) is 0 Å². The van der Waals surface area contributed by atoms with Crippen molar-refractivity contribution >= 4 is 23.4 Å². The summed E-state index contributed by atoms with van der Waals surface area (Å²) in [5.74, 6) is 0.526. The molecule has 0 aromatic heterocycles. The summed E-state index contributed by atoms with van der Waals surface area (Å²) in [6, 6.07) is 4.66. The van der Waals surface area contributed by atoms with E-state index in [1.807, 2.05) is 0 Å². The Morgan fingerprint density at radius 3 is 2.76 bits per heavy atom. The fraction of sp³-hybridized carbons (Fsp3) is 0.417. The van der Waals surface area contributed by atoms with E-state index in [-0.39, 0.29) is 11.7 Å². The molecule has 0 unspecified atom stereocenters. The molecule has 0 aliphatic heterocycles. The molecule has 0 saturated carbocycles. The number of thioether (sulfide) groups is 1. The quantitative estimate of drug-likeness (QED) is 0.500. The largest absolute Gasteiger partial charge is 0.399 e. The topological polar surface area (TPSA) is 46.3 Å². The molecular weight excluding hydrogens is 239 g/mol. The second kappa shape index (κ2) is 6.49. The average Bonchev–Trinajstić information content (AvgIpc) is 2.26. The van der Waals surface area contributed by atoms with Gasteiger partial charge in [0.2, 0.25) is 5.91 Å². The zero-order chi connectivity index (χ0) is 12.8. The lowest BCUT2D eigenvalue weighted by atomic mass is 10.3. The number of nitrogens with two attached hydrogens (primary N) is 1. The van der Waals surface area contributed by atoms with Crippen molar-refractivity contribution in [3.8, 4) is 0 Å². The molecule has 17 heavy (non-hydrogen) atoms. The summed E-state index contributed by atoms with van der Waals surface area (Å²) in [4.78, 5) is 13.4. The first kappa shape index (κ1) is 13.8. The minimum atomic E-state index is -0.297. The minimum absolute atomic E-state index is 0.100. The van der Waals surface area contributed by atoms with Gasteiger partial charge in [-0.1, -0.05) is 0 Å². The van der Waals surface area contributed by atoms with Crippen LogP contribution in [0.5, 0.6) is 0 Å². The van der Waals surface area contributed by atoms with Gasteiger partial charge in [-0.05, 0) is 30.4 Å². The summed E-state index contributed by atoms with van der Waals surface area (Å²) < 4.78 is 13.4. The molecule has 5 heteroatoms. The number of carbonyl (C=O) groups is 1. The van der Waals surface area contributed by atoms with Crippen LogP contribution in [0, 0.1) is 5.82 Å². The number of benzene rings is 1. The summed E-state index contributed by atoms with van der Waals surface area (Å²) in [6.45, 7) is 0. The monoisotopic (exact) mass is 256 g/mol. The fourth-order valence-corrected chi connectivity index (χ4v) is 2.13. The van der Waals surface area contributed by atoms with Crippen molar-refractivity contribution in [2.45, 2.75) is 17.7 Å². The second-order valence-electron chi connectivity index (χ2n) is 3.93. The summed E-state index contributed by atoms with van der Waals surface area (Å²) in [5.41, 5.74) is 5.88. The number of nitrogen functional groups attached to an aromatic ring is 1. The molecule has 0 bridgehead atoms. The molecule has 0 aliphatic carbocycles. The molecule has 94 valence electrons. The van der Waals surface area contributed by atoms with Gasteiger partial charge in [-0.25, -0.2) is 4.39 Å². The van der Waals surface area contributed by atoms with Crippen molar-refractivity contribution < 1.29 is 9.18 Å². The van der Waals surface area contributed by atoms with Gasteiger partial charge < -0.3 is 10.6 Å². The van der Waals surface area contributed by atoms with E-state index in [0.29, 0.717) is 17.0 Å². The van der Waals surface area contributed by atoms with Crippen LogP contribution in [-0.4, -0.2) is 30.7 Å². The van der Waals surface area contributed by atoms with E-state index in [1.54, 1.807) is 31.1 Å². The SMILES string of the molecule is CN(C)C(=O)CCCSc1ccc(N)cc1F.